The zero-order chi connectivity index (χ0) is 9.14. The number of nitrogens with two attached hydrogens (primary N) is 1. The molecule has 2 N–H and O–H groups in total. The van der Waals surface area contributed by atoms with Crippen molar-refractivity contribution < 1.29 is 4.79 Å². The largest absolute Gasteiger partial charge is 0.397 e. The summed E-state index contributed by atoms with van der Waals surface area (Å²) in [5, 5.41) is 8.55. The minimum atomic E-state index is 0.168. The Morgan fingerprint density at radius 2 is 2.17 bits per heavy atom. The summed E-state index contributed by atoms with van der Waals surface area (Å²) in [6, 6.07) is 5.01. The smallest absolute Gasteiger partial charge is 0.236 e. The molecule has 0 aliphatic rings. The van der Waals surface area contributed by atoms with Crippen LogP contribution in [0.5, 0.6) is 0 Å². The molecule has 3 nitrogen and oxygen atoms in total. The Morgan fingerprint density at radius 3 is 2.67 bits per heavy atom. The van der Waals surface area contributed by atoms with E-state index in [4.69, 9.17) is 11.0 Å². The molecule has 0 saturated heterocycles. The number of nitrogens with zero attached hydrogens (tertiary/aromatic N) is 1. The van der Waals surface area contributed by atoms with Crippen molar-refractivity contribution in [2.24, 2.45) is 0 Å². The standard InChI is InChI=1S/C8H4BrN2O/c9-7-2-1-5(3-10)8(11)6(7)4-12/h1-2H,11H2. The average molecular weight is 224 g/mol. The molecule has 59 valence electrons. The number of benzene rings is 1. The van der Waals surface area contributed by atoms with Crippen LogP contribution in [-0.4, -0.2) is 6.29 Å². The molecule has 0 aliphatic carbocycles. The maximum atomic E-state index is 10.4. The number of anilines is 1. The van der Waals surface area contributed by atoms with E-state index in [0.29, 0.717) is 4.47 Å². The summed E-state index contributed by atoms with van der Waals surface area (Å²) >= 11 is 3.12. The van der Waals surface area contributed by atoms with E-state index >= 15 is 0 Å². The quantitative estimate of drug-likeness (QED) is 0.732. The summed E-state index contributed by atoms with van der Waals surface area (Å²) in [6.07, 6.45) is 1.67. The van der Waals surface area contributed by atoms with Crippen LogP contribution in [0.3, 0.4) is 0 Å². The number of halogens is 1. The Hall–Kier alpha value is -1.34. The Bertz CT molecular complexity index is 368. The molecule has 12 heavy (non-hydrogen) atoms. The van der Waals surface area contributed by atoms with Gasteiger partial charge in [0.05, 0.1) is 16.8 Å². The van der Waals surface area contributed by atoms with Crippen molar-refractivity contribution in [1.29, 1.82) is 5.26 Å². The van der Waals surface area contributed by atoms with Gasteiger partial charge in [0.25, 0.3) is 0 Å². The first-order valence-corrected chi connectivity index (χ1v) is 3.86. The predicted octanol–water partition coefficient (Wildman–Crippen LogP) is 1.36. The van der Waals surface area contributed by atoms with Gasteiger partial charge in [-0.15, -0.1) is 0 Å². The fraction of sp³-hybridized carbons (Fsp3) is 0. The van der Waals surface area contributed by atoms with Gasteiger partial charge in [-0.2, -0.15) is 5.26 Å². The van der Waals surface area contributed by atoms with E-state index in [9.17, 15) is 4.79 Å². The van der Waals surface area contributed by atoms with Gasteiger partial charge in [0, 0.05) is 4.47 Å². The van der Waals surface area contributed by atoms with Gasteiger partial charge in [0.2, 0.25) is 6.29 Å². The van der Waals surface area contributed by atoms with E-state index in [-0.39, 0.29) is 16.8 Å². The summed E-state index contributed by atoms with van der Waals surface area (Å²) in [4.78, 5) is 10.4. The van der Waals surface area contributed by atoms with Gasteiger partial charge in [0.15, 0.2) is 0 Å². The van der Waals surface area contributed by atoms with E-state index in [1.807, 2.05) is 6.07 Å². The lowest BCUT2D eigenvalue weighted by atomic mass is 10.1. The van der Waals surface area contributed by atoms with Crippen LogP contribution in [0.15, 0.2) is 16.6 Å². The highest BCUT2D eigenvalue weighted by Gasteiger charge is 2.08. The minimum Gasteiger partial charge on any atom is -0.397 e. The third-order valence-electron chi connectivity index (χ3n) is 1.42. The number of nitrogen functional groups attached to an aromatic ring is 1. The maximum absolute atomic E-state index is 10.4. The number of nitriles is 1. The molecule has 0 aromatic heterocycles. The first-order chi connectivity index (χ1) is 5.70. The number of hydrogen-bond acceptors (Lipinski definition) is 3. The van der Waals surface area contributed by atoms with Crippen molar-refractivity contribution in [1.82, 2.24) is 0 Å². The first-order valence-electron chi connectivity index (χ1n) is 3.07. The Morgan fingerprint density at radius 1 is 1.50 bits per heavy atom. The van der Waals surface area contributed by atoms with Crippen LogP contribution in [0, 0.1) is 11.3 Å². The summed E-state index contributed by atoms with van der Waals surface area (Å²) in [7, 11) is 0. The Kier molecular flexibility index (Phi) is 2.46. The van der Waals surface area contributed by atoms with E-state index in [1.54, 1.807) is 18.4 Å². The van der Waals surface area contributed by atoms with Crippen molar-refractivity contribution in [3.8, 4) is 6.07 Å². The summed E-state index contributed by atoms with van der Waals surface area (Å²) in [5.41, 5.74) is 6.15. The third-order valence-corrected chi connectivity index (χ3v) is 2.08. The second kappa shape index (κ2) is 3.37. The lowest BCUT2D eigenvalue weighted by molar-refractivity contribution is 0.562. The summed E-state index contributed by atoms with van der Waals surface area (Å²) < 4.78 is 0.550. The highest BCUT2D eigenvalue weighted by Crippen LogP contribution is 2.23. The van der Waals surface area contributed by atoms with Crippen LogP contribution in [0.1, 0.15) is 11.1 Å². The molecule has 0 saturated carbocycles. The predicted molar refractivity (Wildman–Crippen MR) is 48.1 cm³/mol. The van der Waals surface area contributed by atoms with Gasteiger partial charge < -0.3 is 5.73 Å². The van der Waals surface area contributed by atoms with Crippen LogP contribution in [0.25, 0.3) is 0 Å². The highest BCUT2D eigenvalue weighted by molar-refractivity contribution is 9.10. The minimum absolute atomic E-state index is 0.168. The third kappa shape index (κ3) is 1.31. The lowest BCUT2D eigenvalue weighted by Gasteiger charge is -2.01. The van der Waals surface area contributed by atoms with Crippen molar-refractivity contribution in [2.75, 3.05) is 5.73 Å². The number of rotatable bonds is 1. The van der Waals surface area contributed by atoms with Crippen LogP contribution in [0.2, 0.25) is 0 Å². The van der Waals surface area contributed by atoms with E-state index < -0.39 is 0 Å². The molecule has 0 fully saturated rings. The van der Waals surface area contributed by atoms with E-state index in [1.165, 1.54) is 0 Å². The van der Waals surface area contributed by atoms with Crippen LogP contribution in [-0.2, 0) is 4.79 Å². The van der Waals surface area contributed by atoms with Gasteiger partial charge in [-0.05, 0) is 28.1 Å². The van der Waals surface area contributed by atoms with Gasteiger partial charge in [-0.25, -0.2) is 0 Å². The van der Waals surface area contributed by atoms with Crippen molar-refractivity contribution in [3.63, 3.8) is 0 Å². The van der Waals surface area contributed by atoms with Crippen molar-refractivity contribution in [3.05, 3.63) is 27.7 Å². The molecular formula is C8H4BrN2O. The molecule has 0 unspecified atom stereocenters. The molecule has 0 aliphatic heterocycles. The maximum Gasteiger partial charge on any atom is 0.236 e. The van der Waals surface area contributed by atoms with Gasteiger partial charge in [0.1, 0.15) is 6.07 Å². The molecular weight excluding hydrogens is 220 g/mol. The summed E-state index contributed by atoms with van der Waals surface area (Å²) in [5.74, 6) is 0. The summed E-state index contributed by atoms with van der Waals surface area (Å²) in [6.45, 7) is 0. The second-order valence-electron chi connectivity index (χ2n) is 2.10. The molecule has 1 aromatic carbocycles. The molecule has 0 spiro atoms. The normalized spacial score (nSPS) is 9.00. The Balaban J connectivity index is 3.46. The zero-order valence-corrected chi connectivity index (χ0v) is 7.55. The van der Waals surface area contributed by atoms with Gasteiger partial charge in [-0.3, -0.25) is 4.79 Å². The Labute approximate surface area is 77.9 Å². The lowest BCUT2D eigenvalue weighted by Crippen LogP contribution is -1.97. The molecule has 0 heterocycles. The van der Waals surface area contributed by atoms with Crippen LogP contribution >= 0.6 is 15.9 Å². The molecule has 0 bridgehead atoms. The first kappa shape index (κ1) is 8.75. The molecule has 4 heteroatoms. The van der Waals surface area contributed by atoms with Crippen molar-refractivity contribution in [2.45, 2.75) is 0 Å². The number of hydrogen-bond donors (Lipinski definition) is 1. The molecule has 1 radical (unpaired) electrons. The molecule has 0 amide bonds. The van der Waals surface area contributed by atoms with E-state index in [0.717, 1.165) is 0 Å². The van der Waals surface area contributed by atoms with Crippen LogP contribution in [0.4, 0.5) is 5.69 Å². The zero-order valence-electron chi connectivity index (χ0n) is 5.97. The molecule has 0 atom stereocenters. The fourth-order valence-electron chi connectivity index (χ4n) is 0.794. The fourth-order valence-corrected chi connectivity index (χ4v) is 1.22. The highest BCUT2D eigenvalue weighted by atomic mass is 79.9. The average Bonchev–Trinajstić information content (AvgIpc) is 2.06. The monoisotopic (exact) mass is 223 g/mol. The van der Waals surface area contributed by atoms with E-state index in [2.05, 4.69) is 15.9 Å². The van der Waals surface area contributed by atoms with Gasteiger partial charge in [-0.1, -0.05) is 0 Å². The van der Waals surface area contributed by atoms with Crippen molar-refractivity contribution >= 4 is 27.9 Å². The van der Waals surface area contributed by atoms with Crippen LogP contribution < -0.4 is 5.73 Å². The van der Waals surface area contributed by atoms with Gasteiger partial charge >= 0.3 is 0 Å². The topological polar surface area (TPSA) is 66.9 Å². The molecule has 1 aromatic rings. The molecule has 1 rings (SSSR count). The SMILES string of the molecule is N#Cc1ccc(Br)c([C]=O)c1N. The number of carbonyl (C=O) groups excluding carboxylic acids is 1. The second-order valence-corrected chi connectivity index (χ2v) is 2.95.